The van der Waals surface area contributed by atoms with Crippen LogP contribution in [0, 0.1) is 6.92 Å². The van der Waals surface area contributed by atoms with Gasteiger partial charge >= 0.3 is 0 Å². The molecule has 0 spiro atoms. The lowest BCUT2D eigenvalue weighted by molar-refractivity contribution is 0.297. The van der Waals surface area contributed by atoms with Gasteiger partial charge in [0.1, 0.15) is 0 Å². The molecule has 2 aliphatic rings. The van der Waals surface area contributed by atoms with E-state index in [1.165, 1.54) is 4.31 Å². The quantitative estimate of drug-likeness (QED) is 0.630. The second-order valence-electron chi connectivity index (χ2n) is 7.08. The molecule has 5 rings (SSSR count). The lowest BCUT2D eigenvalue weighted by Gasteiger charge is -2.20. The maximum atomic E-state index is 13.3. The fourth-order valence-corrected chi connectivity index (χ4v) is 5.85. The van der Waals surface area contributed by atoms with Crippen LogP contribution in [-0.4, -0.2) is 33.2 Å². The monoisotopic (exact) mass is 428 g/mol. The van der Waals surface area contributed by atoms with Crippen molar-refractivity contribution in [1.82, 2.24) is 4.98 Å². The van der Waals surface area contributed by atoms with Crippen LogP contribution in [0.1, 0.15) is 17.0 Å². The maximum absolute atomic E-state index is 13.3. The minimum absolute atomic E-state index is 0.216. The van der Waals surface area contributed by atoms with Gasteiger partial charge in [0, 0.05) is 30.0 Å². The second kappa shape index (κ2) is 7.03. The molecule has 0 saturated heterocycles. The fourth-order valence-electron chi connectivity index (χ4n) is 3.71. The molecule has 6 nitrogen and oxygen atoms in total. The van der Waals surface area contributed by atoms with E-state index in [0.717, 1.165) is 33.9 Å². The van der Waals surface area contributed by atoms with E-state index in [4.69, 9.17) is 9.47 Å². The Morgan fingerprint density at radius 1 is 1.07 bits per heavy atom. The van der Waals surface area contributed by atoms with Gasteiger partial charge in [0.05, 0.1) is 34.5 Å². The van der Waals surface area contributed by atoms with Crippen molar-refractivity contribution in [3.63, 3.8) is 0 Å². The van der Waals surface area contributed by atoms with Gasteiger partial charge in [-0.2, -0.15) is 0 Å². The summed E-state index contributed by atoms with van der Waals surface area (Å²) in [4.78, 5) is 4.75. The van der Waals surface area contributed by atoms with Crippen molar-refractivity contribution in [2.45, 2.75) is 24.7 Å². The molecule has 0 radical (unpaired) electrons. The summed E-state index contributed by atoms with van der Waals surface area (Å²) < 4.78 is 39.5. The Hall–Kier alpha value is -2.58. The summed E-state index contributed by atoms with van der Waals surface area (Å²) in [5.74, 6) is 1.07. The zero-order valence-corrected chi connectivity index (χ0v) is 17.6. The molecule has 0 amide bonds. The van der Waals surface area contributed by atoms with Crippen molar-refractivity contribution in [2.24, 2.45) is 0 Å². The SMILES string of the molecule is Cc1nc(-c2ccc3c(c2)CCN3S(=O)(=O)c2ccc3c(c2)OCCCO3)cs1. The lowest BCUT2D eigenvalue weighted by Crippen LogP contribution is -2.29. The van der Waals surface area contributed by atoms with Gasteiger partial charge in [-0.3, -0.25) is 4.31 Å². The molecule has 0 saturated carbocycles. The molecule has 0 N–H and O–H groups in total. The molecule has 29 heavy (non-hydrogen) atoms. The van der Waals surface area contributed by atoms with Crippen LogP contribution in [0.25, 0.3) is 11.3 Å². The number of nitrogens with zero attached hydrogens (tertiary/aromatic N) is 2. The van der Waals surface area contributed by atoms with E-state index in [1.807, 2.05) is 30.5 Å². The molecule has 1 aromatic heterocycles. The number of thiazole rings is 1. The molecule has 0 bridgehead atoms. The minimum atomic E-state index is -3.69. The van der Waals surface area contributed by atoms with Gasteiger partial charge in [0.2, 0.25) is 0 Å². The summed E-state index contributed by atoms with van der Waals surface area (Å²) in [7, 11) is -3.69. The Labute approximate surface area is 173 Å². The summed E-state index contributed by atoms with van der Waals surface area (Å²) in [5, 5.41) is 3.04. The molecule has 0 atom stereocenters. The number of benzene rings is 2. The van der Waals surface area contributed by atoms with Gasteiger partial charge in [0.25, 0.3) is 10.0 Å². The third-order valence-electron chi connectivity index (χ3n) is 5.15. The number of aromatic nitrogens is 1. The number of anilines is 1. The largest absolute Gasteiger partial charge is 0.490 e. The van der Waals surface area contributed by atoms with E-state index >= 15 is 0 Å². The molecule has 150 valence electrons. The number of hydrogen-bond acceptors (Lipinski definition) is 6. The third kappa shape index (κ3) is 3.26. The van der Waals surface area contributed by atoms with Crippen LogP contribution in [0.5, 0.6) is 11.5 Å². The molecule has 8 heteroatoms. The highest BCUT2D eigenvalue weighted by atomic mass is 32.2. The van der Waals surface area contributed by atoms with E-state index in [2.05, 4.69) is 4.98 Å². The smallest absolute Gasteiger partial charge is 0.264 e. The van der Waals surface area contributed by atoms with Crippen LogP contribution < -0.4 is 13.8 Å². The standard InChI is InChI=1S/C21H20N2O4S2/c1-14-22-18(13-28-14)15-3-5-19-16(11-15)7-8-23(19)29(24,25)17-4-6-20-21(12-17)27-10-2-9-26-20/h3-6,11-13H,2,7-10H2,1H3. The summed E-state index contributed by atoms with van der Waals surface area (Å²) >= 11 is 1.61. The van der Waals surface area contributed by atoms with E-state index in [9.17, 15) is 8.42 Å². The third-order valence-corrected chi connectivity index (χ3v) is 7.74. The first-order valence-corrected chi connectivity index (χ1v) is 11.8. The van der Waals surface area contributed by atoms with Crippen LogP contribution in [-0.2, 0) is 16.4 Å². The van der Waals surface area contributed by atoms with Crippen molar-refractivity contribution < 1.29 is 17.9 Å². The Kier molecular flexibility index (Phi) is 4.48. The first-order valence-electron chi connectivity index (χ1n) is 9.50. The Morgan fingerprint density at radius 3 is 2.69 bits per heavy atom. The summed E-state index contributed by atoms with van der Waals surface area (Å²) in [6.45, 7) is 3.48. The fraction of sp³-hybridized carbons (Fsp3) is 0.286. The number of fused-ring (bicyclic) bond motifs is 2. The van der Waals surface area contributed by atoms with Crippen LogP contribution >= 0.6 is 11.3 Å². The average molecular weight is 429 g/mol. The molecule has 0 fully saturated rings. The molecule has 3 heterocycles. The molecular weight excluding hydrogens is 408 g/mol. The van der Waals surface area contributed by atoms with Crippen molar-refractivity contribution in [3.8, 4) is 22.8 Å². The molecule has 2 aliphatic heterocycles. The van der Waals surface area contributed by atoms with E-state index in [1.54, 1.807) is 29.5 Å². The van der Waals surface area contributed by atoms with Crippen molar-refractivity contribution in [1.29, 1.82) is 0 Å². The Balaban J connectivity index is 1.49. The highest BCUT2D eigenvalue weighted by Gasteiger charge is 2.32. The van der Waals surface area contributed by atoms with Crippen molar-refractivity contribution in [2.75, 3.05) is 24.1 Å². The van der Waals surface area contributed by atoms with Crippen LogP contribution in [0.2, 0.25) is 0 Å². The number of aryl methyl sites for hydroxylation is 1. The van der Waals surface area contributed by atoms with E-state index in [0.29, 0.717) is 37.7 Å². The first kappa shape index (κ1) is 18.4. The summed E-state index contributed by atoms with van der Waals surface area (Å²) in [5.41, 5.74) is 3.70. The van der Waals surface area contributed by atoms with Crippen LogP contribution in [0.4, 0.5) is 5.69 Å². The number of sulfonamides is 1. The number of rotatable bonds is 3. The molecule has 2 aromatic carbocycles. The lowest BCUT2D eigenvalue weighted by atomic mass is 10.1. The van der Waals surface area contributed by atoms with E-state index < -0.39 is 10.0 Å². The van der Waals surface area contributed by atoms with Gasteiger partial charge in [-0.15, -0.1) is 11.3 Å². The van der Waals surface area contributed by atoms with Crippen LogP contribution in [0.15, 0.2) is 46.7 Å². The highest BCUT2D eigenvalue weighted by Crippen LogP contribution is 2.38. The number of hydrogen-bond donors (Lipinski definition) is 0. The highest BCUT2D eigenvalue weighted by molar-refractivity contribution is 7.92. The first-order chi connectivity index (χ1) is 14.0. The molecule has 0 unspecified atom stereocenters. The minimum Gasteiger partial charge on any atom is -0.490 e. The zero-order chi connectivity index (χ0) is 20.0. The van der Waals surface area contributed by atoms with Crippen molar-refractivity contribution >= 4 is 27.0 Å². The second-order valence-corrected chi connectivity index (χ2v) is 10.0. The predicted octanol–water partition coefficient (Wildman–Crippen LogP) is 4.03. The molecule has 3 aromatic rings. The van der Waals surface area contributed by atoms with Gasteiger partial charge in [0.15, 0.2) is 11.5 Å². The Bertz CT molecular complexity index is 1190. The van der Waals surface area contributed by atoms with E-state index in [-0.39, 0.29) is 4.90 Å². The van der Waals surface area contributed by atoms with Gasteiger partial charge in [-0.05, 0) is 43.2 Å². The predicted molar refractivity (Wildman–Crippen MR) is 113 cm³/mol. The topological polar surface area (TPSA) is 68.7 Å². The summed E-state index contributed by atoms with van der Waals surface area (Å²) in [6, 6.07) is 10.7. The maximum Gasteiger partial charge on any atom is 0.264 e. The van der Waals surface area contributed by atoms with Crippen molar-refractivity contribution in [3.05, 3.63) is 52.3 Å². The zero-order valence-electron chi connectivity index (χ0n) is 15.9. The van der Waals surface area contributed by atoms with Gasteiger partial charge in [-0.1, -0.05) is 6.07 Å². The summed E-state index contributed by atoms with van der Waals surface area (Å²) in [6.07, 6.45) is 1.45. The average Bonchev–Trinajstić information content (AvgIpc) is 3.27. The van der Waals surface area contributed by atoms with Gasteiger partial charge in [-0.25, -0.2) is 13.4 Å². The molecular formula is C21H20N2O4S2. The molecule has 0 aliphatic carbocycles. The van der Waals surface area contributed by atoms with Gasteiger partial charge < -0.3 is 9.47 Å². The Morgan fingerprint density at radius 2 is 1.90 bits per heavy atom. The number of ether oxygens (including phenoxy) is 2. The normalized spacial score (nSPS) is 15.8. The van der Waals surface area contributed by atoms with Crippen LogP contribution in [0.3, 0.4) is 0 Å².